The van der Waals surface area contributed by atoms with Crippen molar-refractivity contribution in [1.82, 2.24) is 0 Å². The smallest absolute Gasteiger partial charge is 0.305 e. The summed E-state index contributed by atoms with van der Waals surface area (Å²) in [6.07, 6.45) is 20.5. The second kappa shape index (κ2) is 25.4. The molecule has 0 aliphatic rings. The van der Waals surface area contributed by atoms with E-state index in [4.69, 9.17) is 19.9 Å². The summed E-state index contributed by atoms with van der Waals surface area (Å²) >= 11 is 0. The van der Waals surface area contributed by atoms with Gasteiger partial charge >= 0.3 is 5.97 Å². The summed E-state index contributed by atoms with van der Waals surface area (Å²) in [5.41, 5.74) is 5.32. The van der Waals surface area contributed by atoms with Crippen LogP contribution in [0.2, 0.25) is 0 Å². The van der Waals surface area contributed by atoms with Crippen molar-refractivity contribution >= 4 is 5.97 Å². The number of carbonyl (C=O) groups excluding carboxylic acids is 1. The highest BCUT2D eigenvalue weighted by Crippen LogP contribution is 2.13. The minimum atomic E-state index is -0.109. The number of carbonyl (C=O) groups is 1. The largest absolute Gasteiger partial charge is 0.463 e. The topological polar surface area (TPSA) is 70.8 Å². The van der Waals surface area contributed by atoms with Gasteiger partial charge in [-0.2, -0.15) is 0 Å². The van der Waals surface area contributed by atoms with E-state index in [9.17, 15) is 4.79 Å². The van der Waals surface area contributed by atoms with Crippen LogP contribution in [-0.4, -0.2) is 45.5 Å². The fourth-order valence-corrected chi connectivity index (χ4v) is 3.33. The Morgan fingerprint density at radius 1 is 0.586 bits per heavy atom. The molecule has 5 nitrogen and oxygen atoms in total. The summed E-state index contributed by atoms with van der Waals surface area (Å²) in [5.74, 6) is -0.109. The number of esters is 1. The molecular formula is C24H49NO4. The molecule has 0 spiro atoms. The minimum absolute atomic E-state index is 0.109. The van der Waals surface area contributed by atoms with Crippen LogP contribution in [0.25, 0.3) is 0 Å². The Bertz CT molecular complexity index is 326. The number of nitrogens with two attached hydrogens (primary N) is 1. The molecule has 0 aromatic rings. The number of ether oxygens (including phenoxy) is 3. The Balaban J connectivity index is 3.12. The third-order valence-corrected chi connectivity index (χ3v) is 5.11. The van der Waals surface area contributed by atoms with Crippen molar-refractivity contribution < 1.29 is 19.0 Å². The van der Waals surface area contributed by atoms with Gasteiger partial charge in [0.1, 0.15) is 6.61 Å². The van der Waals surface area contributed by atoms with Crippen LogP contribution in [0.5, 0.6) is 0 Å². The fraction of sp³-hybridized carbons (Fsp3) is 0.958. The number of unbranched alkanes of at least 4 members (excludes halogenated alkanes) is 14. The average molecular weight is 416 g/mol. The van der Waals surface area contributed by atoms with Crippen molar-refractivity contribution in [2.24, 2.45) is 5.73 Å². The van der Waals surface area contributed by atoms with Crippen molar-refractivity contribution in [3.05, 3.63) is 0 Å². The zero-order valence-electron chi connectivity index (χ0n) is 19.3. The molecule has 0 bridgehead atoms. The Kier molecular flexibility index (Phi) is 24.8. The Labute approximate surface area is 180 Å². The molecule has 0 atom stereocenters. The van der Waals surface area contributed by atoms with Gasteiger partial charge in [0.15, 0.2) is 0 Å². The molecule has 0 fully saturated rings. The predicted octanol–water partition coefficient (Wildman–Crippen LogP) is 5.78. The van der Waals surface area contributed by atoms with Crippen molar-refractivity contribution in [2.75, 3.05) is 39.6 Å². The van der Waals surface area contributed by atoms with E-state index in [1.807, 2.05) is 0 Å². The number of hydrogen-bond acceptors (Lipinski definition) is 5. The standard InChI is InChI=1S/C24H49NO4/c1-2-3-4-5-6-7-8-9-10-11-12-13-14-15-16-17-24(26)29-23-22-28-21-20-27-19-18-25/h2-23,25H2,1H3. The van der Waals surface area contributed by atoms with Gasteiger partial charge in [-0.3, -0.25) is 4.79 Å². The van der Waals surface area contributed by atoms with E-state index in [0.29, 0.717) is 46.0 Å². The highest BCUT2D eigenvalue weighted by Gasteiger charge is 2.02. The monoisotopic (exact) mass is 415 g/mol. The quantitative estimate of drug-likeness (QED) is 0.160. The fourth-order valence-electron chi connectivity index (χ4n) is 3.33. The number of rotatable bonds is 24. The maximum Gasteiger partial charge on any atom is 0.305 e. The van der Waals surface area contributed by atoms with Crippen LogP contribution in [0.1, 0.15) is 110 Å². The van der Waals surface area contributed by atoms with Crippen molar-refractivity contribution in [2.45, 2.75) is 110 Å². The molecule has 5 heteroatoms. The lowest BCUT2D eigenvalue weighted by molar-refractivity contribution is -0.145. The average Bonchev–Trinajstić information content (AvgIpc) is 2.72. The molecule has 0 heterocycles. The van der Waals surface area contributed by atoms with E-state index in [1.54, 1.807) is 0 Å². The van der Waals surface area contributed by atoms with Gasteiger partial charge in [0.2, 0.25) is 0 Å². The van der Waals surface area contributed by atoms with Gasteiger partial charge in [-0.15, -0.1) is 0 Å². The third-order valence-electron chi connectivity index (χ3n) is 5.11. The van der Waals surface area contributed by atoms with Gasteiger partial charge in [0, 0.05) is 13.0 Å². The van der Waals surface area contributed by atoms with E-state index in [2.05, 4.69) is 6.92 Å². The molecule has 0 saturated carbocycles. The summed E-state index contributed by atoms with van der Waals surface area (Å²) in [6.45, 7) is 5.15. The summed E-state index contributed by atoms with van der Waals surface area (Å²) in [6, 6.07) is 0. The molecule has 0 saturated heterocycles. The first-order valence-corrected chi connectivity index (χ1v) is 12.3. The summed E-state index contributed by atoms with van der Waals surface area (Å²) < 4.78 is 15.7. The Hall–Kier alpha value is -0.650. The van der Waals surface area contributed by atoms with Crippen LogP contribution in [0.4, 0.5) is 0 Å². The maximum absolute atomic E-state index is 11.6. The van der Waals surface area contributed by atoms with E-state index < -0.39 is 0 Å². The first-order chi connectivity index (χ1) is 14.3. The molecule has 0 aromatic carbocycles. The zero-order chi connectivity index (χ0) is 21.3. The highest BCUT2D eigenvalue weighted by atomic mass is 16.6. The Morgan fingerprint density at radius 3 is 1.48 bits per heavy atom. The second-order valence-electron chi connectivity index (χ2n) is 7.93. The highest BCUT2D eigenvalue weighted by molar-refractivity contribution is 5.69. The molecular weight excluding hydrogens is 366 g/mol. The lowest BCUT2D eigenvalue weighted by atomic mass is 10.0. The minimum Gasteiger partial charge on any atom is -0.463 e. The van der Waals surface area contributed by atoms with Crippen molar-refractivity contribution in [1.29, 1.82) is 0 Å². The zero-order valence-corrected chi connectivity index (χ0v) is 19.3. The van der Waals surface area contributed by atoms with Crippen LogP contribution in [0.15, 0.2) is 0 Å². The number of hydrogen-bond donors (Lipinski definition) is 1. The second-order valence-corrected chi connectivity index (χ2v) is 7.93. The van der Waals surface area contributed by atoms with Crippen LogP contribution >= 0.6 is 0 Å². The molecule has 0 aliphatic heterocycles. The third kappa shape index (κ3) is 25.3. The van der Waals surface area contributed by atoms with Crippen LogP contribution < -0.4 is 5.73 Å². The van der Waals surface area contributed by atoms with Crippen LogP contribution in [-0.2, 0) is 19.0 Å². The lowest BCUT2D eigenvalue weighted by Gasteiger charge is -2.07. The summed E-state index contributed by atoms with van der Waals surface area (Å²) in [4.78, 5) is 11.6. The molecule has 2 N–H and O–H groups in total. The van der Waals surface area contributed by atoms with E-state index >= 15 is 0 Å². The molecule has 0 aliphatic carbocycles. The van der Waals surface area contributed by atoms with Gasteiger partial charge in [-0.25, -0.2) is 0 Å². The summed E-state index contributed by atoms with van der Waals surface area (Å²) in [7, 11) is 0. The summed E-state index contributed by atoms with van der Waals surface area (Å²) in [5, 5.41) is 0. The molecule has 29 heavy (non-hydrogen) atoms. The van der Waals surface area contributed by atoms with E-state index in [0.717, 1.165) is 12.8 Å². The van der Waals surface area contributed by atoms with Gasteiger partial charge in [0.05, 0.1) is 26.4 Å². The van der Waals surface area contributed by atoms with E-state index in [1.165, 1.54) is 83.5 Å². The maximum atomic E-state index is 11.6. The molecule has 0 rings (SSSR count). The predicted molar refractivity (Wildman–Crippen MR) is 121 cm³/mol. The molecule has 0 amide bonds. The van der Waals surface area contributed by atoms with Gasteiger partial charge < -0.3 is 19.9 Å². The van der Waals surface area contributed by atoms with Gasteiger partial charge in [-0.05, 0) is 6.42 Å². The molecule has 0 radical (unpaired) electrons. The normalized spacial score (nSPS) is 11.1. The van der Waals surface area contributed by atoms with Gasteiger partial charge in [-0.1, -0.05) is 96.8 Å². The van der Waals surface area contributed by atoms with E-state index in [-0.39, 0.29) is 5.97 Å². The van der Waals surface area contributed by atoms with Crippen molar-refractivity contribution in [3.8, 4) is 0 Å². The molecule has 0 aromatic heterocycles. The lowest BCUT2D eigenvalue weighted by Crippen LogP contribution is -2.14. The first kappa shape index (κ1) is 28.4. The molecule has 0 unspecified atom stereocenters. The first-order valence-electron chi connectivity index (χ1n) is 12.3. The molecule has 174 valence electrons. The van der Waals surface area contributed by atoms with Crippen molar-refractivity contribution in [3.63, 3.8) is 0 Å². The SMILES string of the molecule is CCCCCCCCCCCCCCCCCC(=O)OCCOCCOCCN. The van der Waals surface area contributed by atoms with Crippen LogP contribution in [0.3, 0.4) is 0 Å². The Morgan fingerprint density at radius 2 is 1.00 bits per heavy atom. The van der Waals surface area contributed by atoms with Gasteiger partial charge in [0.25, 0.3) is 0 Å². The van der Waals surface area contributed by atoms with Crippen LogP contribution in [0, 0.1) is 0 Å².